The van der Waals surface area contributed by atoms with Crippen molar-refractivity contribution in [3.63, 3.8) is 0 Å². The maximum Gasteiger partial charge on any atom is 0.573 e. The number of carbonyl (C=O) groups excluding carboxylic acids is 2. The summed E-state index contributed by atoms with van der Waals surface area (Å²) in [6.07, 6.45) is -4.88. The van der Waals surface area contributed by atoms with E-state index in [1.807, 2.05) is 0 Å². The average Bonchev–Trinajstić information content (AvgIpc) is 2.88. The van der Waals surface area contributed by atoms with Crippen LogP contribution in [0.1, 0.15) is 19.8 Å². The molecule has 0 radical (unpaired) electrons. The fraction of sp³-hybridized carbons (Fsp3) is 0.300. The number of thioether (sulfide) groups is 1. The molecule has 0 aliphatic carbocycles. The van der Waals surface area contributed by atoms with Crippen molar-refractivity contribution >= 4 is 44.8 Å². The molecule has 1 aliphatic rings. The number of alkyl halides is 3. The van der Waals surface area contributed by atoms with Crippen LogP contribution in [0.25, 0.3) is 0 Å². The molecule has 2 aromatic carbocycles. The van der Waals surface area contributed by atoms with Crippen LogP contribution >= 0.6 is 11.8 Å². The van der Waals surface area contributed by atoms with Gasteiger partial charge in [-0.1, -0.05) is 0 Å². The van der Waals surface area contributed by atoms with E-state index in [9.17, 15) is 31.2 Å². The Morgan fingerprint density at radius 3 is 2.56 bits per heavy atom. The molecule has 0 aromatic heterocycles. The van der Waals surface area contributed by atoms with Gasteiger partial charge in [0.25, 0.3) is 0 Å². The maximum absolute atomic E-state index is 12.9. The van der Waals surface area contributed by atoms with E-state index >= 15 is 0 Å². The predicted molar refractivity (Wildman–Crippen MR) is 113 cm³/mol. The van der Waals surface area contributed by atoms with Crippen molar-refractivity contribution in [3.05, 3.63) is 42.5 Å². The summed E-state index contributed by atoms with van der Waals surface area (Å²) in [6, 6.07) is 8.93. The average molecular weight is 489 g/mol. The van der Waals surface area contributed by atoms with Crippen molar-refractivity contribution < 1.29 is 35.9 Å². The van der Waals surface area contributed by atoms with Crippen LogP contribution in [-0.4, -0.2) is 37.6 Å². The Labute approximate surface area is 186 Å². The van der Waals surface area contributed by atoms with Gasteiger partial charge in [-0.15, -0.1) is 24.9 Å². The predicted octanol–water partition coefficient (Wildman–Crippen LogP) is 4.21. The molecule has 3 rings (SSSR count). The highest BCUT2D eigenvalue weighted by atomic mass is 32.2. The summed E-state index contributed by atoms with van der Waals surface area (Å²) in [7, 11) is -3.88. The molecule has 1 aliphatic heterocycles. The Bertz CT molecular complexity index is 1120. The number of anilines is 2. The van der Waals surface area contributed by atoms with Gasteiger partial charge in [-0.2, -0.15) is 0 Å². The highest BCUT2D eigenvalue weighted by molar-refractivity contribution is 7.99. The van der Waals surface area contributed by atoms with Crippen LogP contribution in [0.3, 0.4) is 0 Å². The lowest BCUT2D eigenvalue weighted by Crippen LogP contribution is -2.25. The van der Waals surface area contributed by atoms with Gasteiger partial charge < -0.3 is 15.4 Å². The molecule has 7 nitrogen and oxygen atoms in total. The second kappa shape index (κ2) is 9.41. The lowest BCUT2D eigenvalue weighted by atomic mass is 10.2. The minimum atomic E-state index is -4.83. The van der Waals surface area contributed by atoms with Crippen molar-refractivity contribution in [2.45, 2.75) is 41.2 Å². The minimum Gasteiger partial charge on any atom is -0.406 e. The SMILES string of the molecule is C[C@@H](CC(=O)Nc1ccc(OC(F)(F)F)cc1)S(=O)(=O)c1ccc2c(c1)NC(=O)CCS2. The van der Waals surface area contributed by atoms with E-state index in [4.69, 9.17) is 0 Å². The molecule has 0 spiro atoms. The fourth-order valence-electron chi connectivity index (χ4n) is 2.93. The van der Waals surface area contributed by atoms with Gasteiger partial charge in [-0.25, -0.2) is 8.42 Å². The number of carbonyl (C=O) groups is 2. The lowest BCUT2D eigenvalue weighted by Gasteiger charge is -2.15. The third-order valence-corrected chi connectivity index (χ3v) is 7.73. The molecular formula is C20H19F3N2O5S2. The molecule has 0 unspecified atom stereocenters. The molecule has 0 bridgehead atoms. The highest BCUT2D eigenvalue weighted by Crippen LogP contribution is 2.33. The normalized spacial score (nSPS) is 15.2. The van der Waals surface area contributed by atoms with E-state index < -0.39 is 33.1 Å². The third kappa shape index (κ3) is 6.16. The largest absolute Gasteiger partial charge is 0.573 e. The molecule has 1 heterocycles. The zero-order valence-electron chi connectivity index (χ0n) is 16.7. The number of benzene rings is 2. The molecule has 2 N–H and O–H groups in total. The summed E-state index contributed by atoms with van der Waals surface area (Å²) >= 11 is 1.44. The standard InChI is InChI=1S/C20H19F3N2O5S2/c1-12(10-19(27)24-13-2-4-14(5-3-13)30-20(21,22)23)32(28,29)15-6-7-17-16(11-15)25-18(26)8-9-31-17/h2-7,11-12H,8-10H2,1H3,(H,24,27)(H,25,26)/t12-/m0/s1. The number of sulfone groups is 1. The lowest BCUT2D eigenvalue weighted by molar-refractivity contribution is -0.274. The number of fused-ring (bicyclic) bond motifs is 1. The summed E-state index contributed by atoms with van der Waals surface area (Å²) in [5.74, 6) is -0.681. The van der Waals surface area contributed by atoms with Gasteiger partial charge in [-0.05, 0) is 49.4 Å². The van der Waals surface area contributed by atoms with Crippen LogP contribution in [0.2, 0.25) is 0 Å². The summed E-state index contributed by atoms with van der Waals surface area (Å²) < 4.78 is 66.2. The number of halogens is 3. The van der Waals surface area contributed by atoms with Gasteiger partial charge in [0.2, 0.25) is 11.8 Å². The number of nitrogens with one attached hydrogen (secondary N) is 2. The quantitative estimate of drug-likeness (QED) is 0.632. The van der Waals surface area contributed by atoms with Gasteiger partial charge in [0.05, 0.1) is 15.8 Å². The molecule has 2 aromatic rings. The number of amides is 2. The van der Waals surface area contributed by atoms with E-state index in [1.165, 1.54) is 43.0 Å². The number of rotatable bonds is 6. The summed E-state index contributed by atoms with van der Waals surface area (Å²) in [5.41, 5.74) is 0.607. The smallest absolute Gasteiger partial charge is 0.406 e. The Hall–Kier alpha value is -2.73. The van der Waals surface area contributed by atoms with Gasteiger partial charge in [0.15, 0.2) is 9.84 Å². The number of hydrogen-bond acceptors (Lipinski definition) is 6. The molecule has 0 saturated heterocycles. The minimum absolute atomic E-state index is 0.0204. The molecule has 12 heteroatoms. The summed E-state index contributed by atoms with van der Waals surface area (Å²) in [5, 5.41) is 4.05. The van der Waals surface area contributed by atoms with Gasteiger partial charge >= 0.3 is 6.36 Å². The van der Waals surface area contributed by atoms with Crippen LogP contribution in [0.5, 0.6) is 5.75 Å². The van der Waals surface area contributed by atoms with Crippen molar-refractivity contribution in [2.24, 2.45) is 0 Å². The van der Waals surface area contributed by atoms with Crippen LogP contribution in [0, 0.1) is 0 Å². The molecule has 172 valence electrons. The van der Waals surface area contributed by atoms with Crippen molar-refractivity contribution in [1.82, 2.24) is 0 Å². The number of hydrogen-bond donors (Lipinski definition) is 2. The molecule has 0 fully saturated rings. The monoisotopic (exact) mass is 488 g/mol. The highest BCUT2D eigenvalue weighted by Gasteiger charge is 2.31. The van der Waals surface area contributed by atoms with Crippen LogP contribution in [-0.2, 0) is 19.4 Å². The molecule has 32 heavy (non-hydrogen) atoms. The Morgan fingerprint density at radius 1 is 1.22 bits per heavy atom. The topological polar surface area (TPSA) is 102 Å². The first-order valence-corrected chi connectivity index (χ1v) is 11.9. The van der Waals surface area contributed by atoms with Crippen LogP contribution < -0.4 is 15.4 Å². The van der Waals surface area contributed by atoms with Crippen LogP contribution in [0.4, 0.5) is 24.5 Å². The van der Waals surface area contributed by atoms with Crippen molar-refractivity contribution in [1.29, 1.82) is 0 Å². The molecule has 1 atom stereocenters. The van der Waals surface area contributed by atoms with E-state index in [2.05, 4.69) is 15.4 Å². The second-order valence-corrected chi connectivity index (χ2v) is 10.5. The third-order valence-electron chi connectivity index (χ3n) is 4.51. The Balaban J connectivity index is 1.66. The Morgan fingerprint density at radius 2 is 1.91 bits per heavy atom. The van der Waals surface area contributed by atoms with E-state index in [0.29, 0.717) is 17.9 Å². The fourth-order valence-corrected chi connectivity index (χ4v) is 5.24. The first kappa shape index (κ1) is 23.9. The van der Waals surface area contributed by atoms with Gasteiger partial charge in [0, 0.05) is 29.2 Å². The van der Waals surface area contributed by atoms with Crippen LogP contribution in [0.15, 0.2) is 52.3 Å². The van der Waals surface area contributed by atoms with Gasteiger partial charge in [0.1, 0.15) is 5.75 Å². The van der Waals surface area contributed by atoms with E-state index in [-0.39, 0.29) is 22.9 Å². The second-order valence-electron chi connectivity index (χ2n) is 6.98. The van der Waals surface area contributed by atoms with E-state index in [1.54, 1.807) is 6.07 Å². The zero-order valence-corrected chi connectivity index (χ0v) is 18.4. The zero-order chi connectivity index (χ0) is 23.5. The van der Waals surface area contributed by atoms with E-state index in [0.717, 1.165) is 17.0 Å². The summed E-state index contributed by atoms with van der Waals surface area (Å²) in [6.45, 7) is 1.38. The summed E-state index contributed by atoms with van der Waals surface area (Å²) in [4.78, 5) is 24.8. The molecule has 0 saturated carbocycles. The number of ether oxygens (including phenoxy) is 1. The molecule has 2 amide bonds. The van der Waals surface area contributed by atoms with Gasteiger partial charge in [-0.3, -0.25) is 9.59 Å². The maximum atomic E-state index is 12.9. The van der Waals surface area contributed by atoms with Crippen molar-refractivity contribution in [2.75, 3.05) is 16.4 Å². The van der Waals surface area contributed by atoms with Crippen molar-refractivity contribution in [3.8, 4) is 5.75 Å². The molecular weight excluding hydrogens is 469 g/mol. The Kier molecular flexibility index (Phi) is 7.03. The first-order valence-electron chi connectivity index (χ1n) is 9.40. The first-order chi connectivity index (χ1) is 14.9.